The molecule has 3 N–H and O–H groups in total. The zero-order chi connectivity index (χ0) is 14.7. The van der Waals surface area contributed by atoms with E-state index in [1.54, 1.807) is 25.2 Å². The van der Waals surface area contributed by atoms with Gasteiger partial charge in [-0.3, -0.25) is 9.59 Å². The second-order valence-electron chi connectivity index (χ2n) is 4.92. The quantitative estimate of drug-likeness (QED) is 0.773. The predicted molar refractivity (Wildman–Crippen MR) is 75.5 cm³/mol. The molecule has 0 spiro atoms. The standard InChI is InChI=1S/C14H19N3O3/c1-17(8-12(18)16-9-6-7-9)14(19)10-4-3-5-11(20-2)13(10)15/h3-5,9H,6-8,15H2,1-2H3,(H,16,18). The number of anilines is 1. The Hall–Kier alpha value is -2.24. The highest BCUT2D eigenvalue weighted by atomic mass is 16.5. The van der Waals surface area contributed by atoms with Crippen LogP contribution < -0.4 is 15.8 Å². The van der Waals surface area contributed by atoms with Crippen molar-refractivity contribution in [3.63, 3.8) is 0 Å². The van der Waals surface area contributed by atoms with Crippen molar-refractivity contribution in [2.24, 2.45) is 0 Å². The number of amides is 2. The molecule has 6 heteroatoms. The van der Waals surface area contributed by atoms with Gasteiger partial charge in [0.05, 0.1) is 24.9 Å². The first-order chi connectivity index (χ1) is 9.52. The fourth-order valence-corrected chi connectivity index (χ4v) is 1.90. The molecule has 1 aromatic rings. The van der Waals surface area contributed by atoms with Gasteiger partial charge in [0.15, 0.2) is 0 Å². The van der Waals surface area contributed by atoms with Gasteiger partial charge in [-0.2, -0.15) is 0 Å². The van der Waals surface area contributed by atoms with Crippen LogP contribution in [0.15, 0.2) is 18.2 Å². The van der Waals surface area contributed by atoms with Gasteiger partial charge >= 0.3 is 0 Å². The van der Waals surface area contributed by atoms with E-state index in [1.807, 2.05) is 0 Å². The molecule has 0 aliphatic heterocycles. The molecule has 6 nitrogen and oxygen atoms in total. The molecule has 2 rings (SSSR count). The molecular weight excluding hydrogens is 258 g/mol. The van der Waals surface area contributed by atoms with Crippen LogP contribution in [0.3, 0.4) is 0 Å². The second kappa shape index (κ2) is 5.81. The number of hydrogen-bond donors (Lipinski definition) is 2. The van der Waals surface area contributed by atoms with E-state index in [-0.39, 0.29) is 30.1 Å². The van der Waals surface area contributed by atoms with Gasteiger partial charge in [0.1, 0.15) is 5.75 Å². The van der Waals surface area contributed by atoms with Gasteiger partial charge < -0.3 is 20.7 Å². The lowest BCUT2D eigenvalue weighted by Gasteiger charge is -2.18. The molecule has 1 aliphatic carbocycles. The summed E-state index contributed by atoms with van der Waals surface area (Å²) in [4.78, 5) is 25.3. The maximum absolute atomic E-state index is 12.3. The number of benzene rings is 1. The number of nitrogens with two attached hydrogens (primary N) is 1. The number of nitrogens with zero attached hydrogens (tertiary/aromatic N) is 1. The lowest BCUT2D eigenvalue weighted by molar-refractivity contribution is -0.121. The average molecular weight is 277 g/mol. The highest BCUT2D eigenvalue weighted by molar-refractivity contribution is 6.01. The number of carbonyl (C=O) groups excluding carboxylic acids is 2. The third-order valence-electron chi connectivity index (χ3n) is 3.19. The molecule has 0 heterocycles. The maximum atomic E-state index is 12.3. The van der Waals surface area contributed by atoms with Crippen LogP contribution in [0.4, 0.5) is 5.69 Å². The third kappa shape index (κ3) is 3.20. The van der Waals surface area contributed by atoms with Crippen molar-refractivity contribution in [3.8, 4) is 5.75 Å². The van der Waals surface area contributed by atoms with Crippen molar-refractivity contribution in [2.75, 3.05) is 26.4 Å². The average Bonchev–Trinajstić information content (AvgIpc) is 3.21. The number of hydrogen-bond acceptors (Lipinski definition) is 4. The Morgan fingerprint density at radius 1 is 1.45 bits per heavy atom. The van der Waals surface area contributed by atoms with E-state index in [4.69, 9.17) is 10.5 Å². The molecule has 0 aromatic heterocycles. The zero-order valence-electron chi connectivity index (χ0n) is 11.7. The van der Waals surface area contributed by atoms with Crippen molar-refractivity contribution < 1.29 is 14.3 Å². The molecule has 0 saturated heterocycles. The minimum absolute atomic E-state index is 0.0198. The lowest BCUT2D eigenvalue weighted by Crippen LogP contribution is -2.39. The molecule has 108 valence electrons. The Balaban J connectivity index is 2.03. The highest BCUT2D eigenvalue weighted by Crippen LogP contribution is 2.25. The fourth-order valence-electron chi connectivity index (χ4n) is 1.90. The molecule has 1 aliphatic rings. The first kappa shape index (κ1) is 14.2. The molecule has 1 aromatic carbocycles. The fraction of sp³-hybridized carbons (Fsp3) is 0.429. The third-order valence-corrected chi connectivity index (χ3v) is 3.19. The first-order valence-corrected chi connectivity index (χ1v) is 6.50. The summed E-state index contributed by atoms with van der Waals surface area (Å²) in [6.45, 7) is 0.0198. The van der Waals surface area contributed by atoms with Crippen LogP contribution in [0, 0.1) is 0 Å². The Labute approximate surface area is 117 Å². The number of para-hydroxylation sites is 1. The van der Waals surface area contributed by atoms with Crippen LogP contribution in [-0.2, 0) is 4.79 Å². The van der Waals surface area contributed by atoms with Gasteiger partial charge in [0.25, 0.3) is 5.91 Å². The van der Waals surface area contributed by atoms with E-state index in [1.165, 1.54) is 12.0 Å². The van der Waals surface area contributed by atoms with Crippen LogP contribution in [0.5, 0.6) is 5.75 Å². The molecule has 2 amide bonds. The summed E-state index contributed by atoms with van der Waals surface area (Å²) in [6.07, 6.45) is 2.04. The predicted octanol–water partition coefficient (Wildman–Crippen LogP) is 0.628. The number of carbonyl (C=O) groups is 2. The van der Waals surface area contributed by atoms with Crippen molar-refractivity contribution in [2.45, 2.75) is 18.9 Å². The van der Waals surface area contributed by atoms with E-state index in [2.05, 4.69) is 5.32 Å². The molecule has 1 saturated carbocycles. The molecule has 1 fully saturated rings. The first-order valence-electron chi connectivity index (χ1n) is 6.50. The summed E-state index contributed by atoms with van der Waals surface area (Å²) in [5, 5.41) is 2.84. The van der Waals surface area contributed by atoms with Gasteiger partial charge in [0.2, 0.25) is 5.91 Å². The van der Waals surface area contributed by atoms with Crippen molar-refractivity contribution >= 4 is 17.5 Å². The molecule has 0 radical (unpaired) electrons. The summed E-state index contributed by atoms with van der Waals surface area (Å²) >= 11 is 0. The number of likely N-dealkylation sites (N-methyl/N-ethyl adjacent to an activating group) is 1. The van der Waals surface area contributed by atoms with Gasteiger partial charge in [-0.05, 0) is 25.0 Å². The smallest absolute Gasteiger partial charge is 0.256 e. The summed E-state index contributed by atoms with van der Waals surface area (Å²) in [6, 6.07) is 5.29. The van der Waals surface area contributed by atoms with Gasteiger partial charge in [-0.25, -0.2) is 0 Å². The largest absolute Gasteiger partial charge is 0.495 e. The van der Waals surface area contributed by atoms with Crippen molar-refractivity contribution in [3.05, 3.63) is 23.8 Å². The second-order valence-corrected chi connectivity index (χ2v) is 4.92. The van der Waals surface area contributed by atoms with Crippen LogP contribution in [0.2, 0.25) is 0 Å². The van der Waals surface area contributed by atoms with Crippen LogP contribution in [0.25, 0.3) is 0 Å². The molecule has 20 heavy (non-hydrogen) atoms. The van der Waals surface area contributed by atoms with Crippen LogP contribution >= 0.6 is 0 Å². The molecule has 0 unspecified atom stereocenters. The van der Waals surface area contributed by atoms with E-state index in [9.17, 15) is 9.59 Å². The topological polar surface area (TPSA) is 84.7 Å². The van der Waals surface area contributed by atoms with E-state index in [0.29, 0.717) is 11.3 Å². The minimum Gasteiger partial charge on any atom is -0.495 e. The van der Waals surface area contributed by atoms with Crippen LogP contribution in [-0.4, -0.2) is 43.5 Å². The number of ether oxygens (including phenoxy) is 1. The number of rotatable bonds is 5. The van der Waals surface area contributed by atoms with E-state index < -0.39 is 0 Å². The van der Waals surface area contributed by atoms with Crippen molar-refractivity contribution in [1.82, 2.24) is 10.2 Å². The molecular formula is C14H19N3O3. The lowest BCUT2D eigenvalue weighted by atomic mass is 10.1. The number of nitrogen functional groups attached to an aromatic ring is 1. The normalized spacial score (nSPS) is 13.7. The summed E-state index contributed by atoms with van der Waals surface area (Å²) in [5.74, 6) is 0.00356. The Bertz CT molecular complexity index is 526. The maximum Gasteiger partial charge on any atom is 0.256 e. The van der Waals surface area contributed by atoms with Gasteiger partial charge in [0, 0.05) is 13.1 Å². The van der Waals surface area contributed by atoms with Gasteiger partial charge in [-0.1, -0.05) is 6.07 Å². The SMILES string of the molecule is COc1cccc(C(=O)N(C)CC(=O)NC2CC2)c1N. The van der Waals surface area contributed by atoms with E-state index >= 15 is 0 Å². The Morgan fingerprint density at radius 3 is 2.75 bits per heavy atom. The molecule has 0 atom stereocenters. The number of methoxy groups -OCH3 is 1. The van der Waals surface area contributed by atoms with Gasteiger partial charge in [-0.15, -0.1) is 0 Å². The van der Waals surface area contributed by atoms with E-state index in [0.717, 1.165) is 12.8 Å². The summed E-state index contributed by atoms with van der Waals surface area (Å²) in [7, 11) is 3.07. The minimum atomic E-state index is -0.299. The Kier molecular flexibility index (Phi) is 4.12. The monoisotopic (exact) mass is 277 g/mol. The summed E-state index contributed by atoms with van der Waals surface area (Å²) < 4.78 is 5.08. The highest BCUT2D eigenvalue weighted by Gasteiger charge is 2.25. The number of nitrogens with one attached hydrogen (secondary N) is 1. The summed E-state index contributed by atoms with van der Waals surface area (Å²) in [5.41, 5.74) is 6.51. The van der Waals surface area contributed by atoms with Crippen molar-refractivity contribution in [1.29, 1.82) is 0 Å². The van der Waals surface area contributed by atoms with Crippen LogP contribution in [0.1, 0.15) is 23.2 Å². The Morgan fingerprint density at radius 2 is 2.15 bits per heavy atom. The zero-order valence-corrected chi connectivity index (χ0v) is 11.7. The molecule has 0 bridgehead atoms.